The molecule has 4 nitrogen and oxygen atoms in total. The van der Waals surface area contributed by atoms with Crippen LogP contribution in [0.1, 0.15) is 6.92 Å². The molecule has 3 aromatic rings. The topological polar surface area (TPSA) is 79.3 Å². The first-order valence-electron chi connectivity index (χ1n) is 5.74. The van der Waals surface area contributed by atoms with Gasteiger partial charge in [-0.05, 0) is 18.2 Å². The fourth-order valence-electron chi connectivity index (χ4n) is 1.91. The first kappa shape index (κ1) is 12.8. The first-order chi connectivity index (χ1) is 9.00. The Morgan fingerprint density at radius 2 is 1.74 bits per heavy atom. The minimum absolute atomic E-state index is 0.0649. The highest BCUT2D eigenvalue weighted by Crippen LogP contribution is 2.37. The molecule has 0 fully saturated rings. The lowest BCUT2D eigenvalue weighted by Gasteiger charge is -1.98. The lowest BCUT2D eigenvalue weighted by Crippen LogP contribution is -1.92. The van der Waals surface area contributed by atoms with Gasteiger partial charge in [0.2, 0.25) is 0 Å². The van der Waals surface area contributed by atoms with Crippen molar-refractivity contribution >= 4 is 21.8 Å². The maximum absolute atomic E-state index is 9.78. The average Bonchev–Trinajstić information content (AvgIpc) is 2.72. The van der Waals surface area contributed by atoms with E-state index in [-0.39, 0.29) is 17.3 Å². The van der Waals surface area contributed by atoms with Crippen molar-refractivity contribution in [1.29, 1.82) is 0 Å². The molecule has 0 aliphatic carbocycles. The van der Waals surface area contributed by atoms with Crippen LogP contribution >= 0.6 is 0 Å². The number of benzene rings is 2. The summed E-state index contributed by atoms with van der Waals surface area (Å²) >= 11 is 0. The molecule has 0 atom stereocenters. The molecule has 19 heavy (non-hydrogen) atoms. The zero-order valence-corrected chi connectivity index (χ0v) is 10.5. The van der Waals surface area contributed by atoms with Gasteiger partial charge in [-0.3, -0.25) is 0 Å². The van der Waals surface area contributed by atoms with Crippen molar-refractivity contribution in [2.24, 2.45) is 0 Å². The van der Waals surface area contributed by atoms with E-state index in [1.54, 1.807) is 6.07 Å². The summed E-state index contributed by atoms with van der Waals surface area (Å²) in [7, 11) is 0. The van der Waals surface area contributed by atoms with Crippen LogP contribution in [-0.2, 0) is 0 Å². The second-order valence-electron chi connectivity index (χ2n) is 4.23. The molecule has 0 unspecified atom stereocenters. The van der Waals surface area contributed by atoms with E-state index >= 15 is 0 Å². The molecule has 3 N–H and O–H groups in total. The van der Waals surface area contributed by atoms with Crippen LogP contribution in [0.4, 0.5) is 0 Å². The van der Waals surface area contributed by atoms with E-state index in [0.717, 1.165) is 16.4 Å². The minimum atomic E-state index is -0.0905. The summed E-state index contributed by atoms with van der Waals surface area (Å²) in [6.07, 6.45) is 0. The molecular formula is C15H14NO3-. The Hall–Kier alpha value is -2.62. The van der Waals surface area contributed by atoms with Crippen LogP contribution in [0.25, 0.3) is 21.8 Å². The minimum Gasteiger partial charge on any atom is -0.876 e. The van der Waals surface area contributed by atoms with Gasteiger partial charge in [0, 0.05) is 10.9 Å². The van der Waals surface area contributed by atoms with Gasteiger partial charge in [-0.2, -0.15) is 0 Å². The fourth-order valence-corrected chi connectivity index (χ4v) is 1.91. The number of hydrogen-bond donors (Lipinski definition) is 3. The SMILES string of the molecule is C=C(C)[O-].Oc1ccc2[nH]c3ccccc3c2c1O. The van der Waals surface area contributed by atoms with E-state index in [9.17, 15) is 15.3 Å². The van der Waals surface area contributed by atoms with Gasteiger partial charge in [-0.15, -0.1) is 12.3 Å². The number of allylic oxidation sites excluding steroid dienone is 1. The van der Waals surface area contributed by atoms with Crippen LogP contribution < -0.4 is 5.11 Å². The number of aromatic amines is 1. The number of para-hydroxylation sites is 1. The second kappa shape index (κ2) is 4.94. The molecule has 0 spiro atoms. The van der Waals surface area contributed by atoms with Crippen LogP contribution in [0.5, 0.6) is 11.5 Å². The summed E-state index contributed by atoms with van der Waals surface area (Å²) in [5.74, 6) is -0.239. The predicted molar refractivity (Wildman–Crippen MR) is 73.9 cm³/mol. The van der Waals surface area contributed by atoms with E-state index in [0.29, 0.717) is 5.39 Å². The van der Waals surface area contributed by atoms with Crippen LogP contribution in [-0.4, -0.2) is 15.2 Å². The zero-order valence-electron chi connectivity index (χ0n) is 10.5. The van der Waals surface area contributed by atoms with Gasteiger partial charge in [0.15, 0.2) is 11.5 Å². The maximum Gasteiger partial charge on any atom is 0.167 e. The number of rotatable bonds is 0. The maximum atomic E-state index is 9.78. The van der Waals surface area contributed by atoms with E-state index < -0.39 is 0 Å². The fraction of sp³-hybridized carbons (Fsp3) is 0.0667. The molecule has 0 radical (unpaired) electrons. The first-order valence-corrected chi connectivity index (χ1v) is 5.74. The summed E-state index contributed by atoms with van der Waals surface area (Å²) < 4.78 is 0. The summed E-state index contributed by atoms with van der Waals surface area (Å²) in [6, 6.07) is 10.9. The monoisotopic (exact) mass is 256 g/mol. The summed E-state index contributed by atoms with van der Waals surface area (Å²) in [5.41, 5.74) is 1.78. The number of H-pyrrole nitrogens is 1. The molecule has 3 rings (SSSR count). The Balaban J connectivity index is 0.000000297. The lowest BCUT2D eigenvalue weighted by molar-refractivity contribution is -0.300. The van der Waals surface area contributed by atoms with Crippen molar-refractivity contribution in [3.8, 4) is 11.5 Å². The molecule has 1 heterocycles. The van der Waals surface area contributed by atoms with Crippen LogP contribution in [0.3, 0.4) is 0 Å². The third-order valence-electron chi connectivity index (χ3n) is 2.62. The molecule has 0 bridgehead atoms. The van der Waals surface area contributed by atoms with Crippen molar-refractivity contribution in [2.45, 2.75) is 6.92 Å². The van der Waals surface area contributed by atoms with Crippen LogP contribution in [0.15, 0.2) is 48.7 Å². The van der Waals surface area contributed by atoms with Gasteiger partial charge in [-0.25, -0.2) is 0 Å². The second-order valence-corrected chi connectivity index (χ2v) is 4.23. The van der Waals surface area contributed by atoms with Gasteiger partial charge < -0.3 is 20.3 Å². The zero-order chi connectivity index (χ0) is 14.0. The predicted octanol–water partition coefficient (Wildman–Crippen LogP) is 2.61. The number of aromatic nitrogens is 1. The molecule has 4 heteroatoms. The van der Waals surface area contributed by atoms with Gasteiger partial charge in [0.05, 0.1) is 10.9 Å². The van der Waals surface area contributed by atoms with Crippen LogP contribution in [0, 0.1) is 0 Å². The normalized spacial score (nSPS) is 10.2. The highest BCUT2D eigenvalue weighted by Gasteiger charge is 2.10. The molecule has 0 aliphatic heterocycles. The largest absolute Gasteiger partial charge is 0.876 e. The number of phenols is 2. The third kappa shape index (κ3) is 2.47. The van der Waals surface area contributed by atoms with Crippen LogP contribution in [0.2, 0.25) is 0 Å². The van der Waals surface area contributed by atoms with Crippen molar-refractivity contribution in [3.63, 3.8) is 0 Å². The van der Waals surface area contributed by atoms with Crippen molar-refractivity contribution in [1.82, 2.24) is 4.98 Å². The van der Waals surface area contributed by atoms with Crippen molar-refractivity contribution < 1.29 is 15.3 Å². The standard InChI is InChI=1S/C12H9NO2.C3H6O/c14-10-6-5-9-11(12(10)15)7-3-1-2-4-8(7)13-9;1-3(2)4/h1-6,13-15H;4H,1H2,2H3/p-1. The Morgan fingerprint density at radius 3 is 2.42 bits per heavy atom. The molecule has 0 amide bonds. The summed E-state index contributed by atoms with van der Waals surface area (Å²) in [4.78, 5) is 3.17. The number of aromatic hydroxyl groups is 2. The lowest BCUT2D eigenvalue weighted by atomic mass is 10.1. The third-order valence-corrected chi connectivity index (χ3v) is 2.62. The molecular weight excluding hydrogens is 242 g/mol. The van der Waals surface area contributed by atoms with Gasteiger partial charge in [-0.1, -0.05) is 25.1 Å². The Labute approximate surface area is 110 Å². The number of fused-ring (bicyclic) bond motifs is 3. The van der Waals surface area contributed by atoms with Crippen molar-refractivity contribution in [2.75, 3.05) is 0 Å². The van der Waals surface area contributed by atoms with Gasteiger partial charge >= 0.3 is 0 Å². The Kier molecular flexibility index (Phi) is 3.33. The quantitative estimate of drug-likeness (QED) is 0.427. The molecule has 1 aromatic heterocycles. The van der Waals surface area contributed by atoms with Gasteiger partial charge in [0.25, 0.3) is 0 Å². The van der Waals surface area contributed by atoms with Crippen molar-refractivity contribution in [3.05, 3.63) is 48.7 Å². The Bertz CT molecular complexity index is 740. The number of nitrogens with one attached hydrogen (secondary N) is 1. The highest BCUT2D eigenvalue weighted by atomic mass is 16.3. The average molecular weight is 256 g/mol. The summed E-state index contributed by atoms with van der Waals surface area (Å²) in [5, 5.41) is 30.1. The Morgan fingerprint density at radius 1 is 1.11 bits per heavy atom. The molecule has 0 aliphatic rings. The van der Waals surface area contributed by atoms with E-state index in [1.165, 1.54) is 13.0 Å². The molecule has 2 aromatic carbocycles. The molecule has 0 saturated heterocycles. The number of hydrogen-bond acceptors (Lipinski definition) is 3. The highest BCUT2D eigenvalue weighted by molar-refractivity contribution is 6.11. The number of phenolic OH excluding ortho intramolecular Hbond substituents is 2. The molecule has 98 valence electrons. The smallest absolute Gasteiger partial charge is 0.167 e. The van der Waals surface area contributed by atoms with E-state index in [1.807, 2.05) is 24.3 Å². The van der Waals surface area contributed by atoms with E-state index in [4.69, 9.17) is 0 Å². The summed E-state index contributed by atoms with van der Waals surface area (Å²) in [6.45, 7) is 4.42. The molecule has 0 saturated carbocycles. The van der Waals surface area contributed by atoms with E-state index in [2.05, 4.69) is 11.6 Å². The van der Waals surface area contributed by atoms with Gasteiger partial charge in [0.1, 0.15) is 0 Å².